The fourth-order valence-electron chi connectivity index (χ4n) is 1.43. The molecule has 9 nitrogen and oxygen atoms in total. The maximum atomic E-state index is 11.7. The molecule has 0 atom stereocenters. The monoisotopic (exact) mass is 364 g/mol. The molecule has 1 amide bonds. The first kappa shape index (κ1) is 16.3. The van der Waals surface area contributed by atoms with E-state index < -0.39 is 16.8 Å². The van der Waals surface area contributed by atoms with Gasteiger partial charge in [0.2, 0.25) is 6.33 Å². The van der Waals surface area contributed by atoms with Gasteiger partial charge in [0.15, 0.2) is 0 Å². The first-order chi connectivity index (χ1) is 10.4. The van der Waals surface area contributed by atoms with Crippen LogP contribution in [0.4, 0.5) is 11.6 Å². The predicted molar refractivity (Wildman–Crippen MR) is 79.9 cm³/mol. The Kier molecular flexibility index (Phi) is 5.01. The van der Waals surface area contributed by atoms with Crippen LogP contribution in [-0.2, 0) is 11.3 Å². The summed E-state index contributed by atoms with van der Waals surface area (Å²) in [5.74, 6) is -1.13. The molecule has 2 rings (SSSR count). The maximum Gasteiger partial charge on any atom is 0.490 e. The zero-order valence-corrected chi connectivity index (χ0v) is 12.9. The molecule has 116 valence electrons. The summed E-state index contributed by atoms with van der Waals surface area (Å²) >= 11 is 17.6. The van der Waals surface area contributed by atoms with Gasteiger partial charge in [-0.25, -0.2) is 0 Å². The van der Waals surface area contributed by atoms with Crippen LogP contribution in [-0.4, -0.2) is 25.6 Å². The summed E-state index contributed by atoms with van der Waals surface area (Å²) in [7, 11) is 0. The van der Waals surface area contributed by atoms with E-state index in [2.05, 4.69) is 20.9 Å². The predicted octanol–water partition coefficient (Wildman–Crippen LogP) is 2.29. The highest BCUT2D eigenvalue weighted by Crippen LogP contribution is 2.32. The van der Waals surface area contributed by atoms with E-state index in [4.69, 9.17) is 34.8 Å². The summed E-state index contributed by atoms with van der Waals surface area (Å²) in [6, 6.07) is 2.90. The summed E-state index contributed by atoms with van der Waals surface area (Å²) in [6.45, 7) is -0.281. The van der Waals surface area contributed by atoms with Crippen LogP contribution in [0.3, 0.4) is 0 Å². The molecule has 0 fully saturated rings. The van der Waals surface area contributed by atoms with Gasteiger partial charge in [0, 0.05) is 10.1 Å². The minimum atomic E-state index is -0.764. The van der Waals surface area contributed by atoms with E-state index in [-0.39, 0.29) is 22.3 Å². The molecular weight excluding hydrogens is 359 g/mol. The summed E-state index contributed by atoms with van der Waals surface area (Å²) in [5.41, 5.74) is 5.14. The van der Waals surface area contributed by atoms with Crippen LogP contribution in [0.15, 0.2) is 18.5 Å². The number of nitrogens with one attached hydrogen (secondary N) is 2. The number of halogens is 3. The van der Waals surface area contributed by atoms with E-state index in [1.54, 1.807) is 0 Å². The maximum absolute atomic E-state index is 11.7. The van der Waals surface area contributed by atoms with Crippen molar-refractivity contribution in [1.29, 1.82) is 0 Å². The lowest BCUT2D eigenvalue weighted by Gasteiger charge is -2.11. The molecule has 0 bridgehead atoms. The number of amides is 1. The highest BCUT2D eigenvalue weighted by atomic mass is 35.5. The summed E-state index contributed by atoms with van der Waals surface area (Å²) < 4.78 is 1.01. The lowest BCUT2D eigenvalue weighted by Crippen LogP contribution is -2.32. The standard InChI is InChI=1S/C10H7Cl3N6O3/c11-5-1-6(12)9(7(13)2-5)16-15-8(20)3-18-4-14-10(17-18)19(21)22/h1-2,4,16H,3H2,(H,15,20). The van der Waals surface area contributed by atoms with Gasteiger partial charge < -0.3 is 10.1 Å². The van der Waals surface area contributed by atoms with Crippen molar-refractivity contribution in [1.82, 2.24) is 20.2 Å². The van der Waals surface area contributed by atoms with E-state index in [0.29, 0.717) is 5.02 Å². The number of benzene rings is 1. The molecule has 0 aliphatic heterocycles. The molecule has 0 aliphatic rings. The zero-order chi connectivity index (χ0) is 16.3. The number of carbonyl (C=O) groups is 1. The third-order valence-electron chi connectivity index (χ3n) is 2.33. The lowest BCUT2D eigenvalue weighted by atomic mass is 10.3. The Hall–Kier alpha value is -2.10. The minimum Gasteiger partial charge on any atom is -0.390 e. The molecule has 0 saturated carbocycles. The van der Waals surface area contributed by atoms with Gasteiger partial charge in [0.25, 0.3) is 5.91 Å². The van der Waals surface area contributed by atoms with Crippen molar-refractivity contribution in [3.05, 3.63) is 43.6 Å². The van der Waals surface area contributed by atoms with Crippen LogP contribution < -0.4 is 10.9 Å². The molecule has 0 spiro atoms. The van der Waals surface area contributed by atoms with Gasteiger partial charge in [-0.1, -0.05) is 39.8 Å². The second-order valence-electron chi connectivity index (χ2n) is 3.92. The molecule has 0 unspecified atom stereocenters. The van der Waals surface area contributed by atoms with E-state index in [9.17, 15) is 14.9 Å². The number of hydrogen-bond donors (Lipinski definition) is 2. The quantitative estimate of drug-likeness (QED) is 0.620. The van der Waals surface area contributed by atoms with E-state index in [1.807, 2.05) is 0 Å². The number of carbonyl (C=O) groups excluding carboxylic acids is 1. The van der Waals surface area contributed by atoms with Crippen LogP contribution in [0.25, 0.3) is 0 Å². The molecule has 0 radical (unpaired) electrons. The summed E-state index contributed by atoms with van der Waals surface area (Å²) in [6.07, 6.45) is 1.07. The number of rotatable bonds is 5. The van der Waals surface area contributed by atoms with Gasteiger partial charge in [-0.05, 0) is 17.1 Å². The van der Waals surface area contributed by atoms with Gasteiger partial charge in [0.05, 0.1) is 15.7 Å². The van der Waals surface area contributed by atoms with Crippen molar-refractivity contribution >= 4 is 52.3 Å². The minimum absolute atomic E-state index is 0.217. The molecule has 2 N–H and O–H groups in total. The molecule has 0 saturated heterocycles. The highest BCUT2D eigenvalue weighted by molar-refractivity contribution is 6.41. The fraction of sp³-hybridized carbons (Fsp3) is 0.100. The van der Waals surface area contributed by atoms with Crippen LogP contribution in [0, 0.1) is 10.1 Å². The van der Waals surface area contributed by atoms with Gasteiger partial charge >= 0.3 is 5.95 Å². The molecule has 1 aromatic heterocycles. The number of nitro groups is 1. The second kappa shape index (κ2) is 6.77. The second-order valence-corrected chi connectivity index (χ2v) is 5.17. The first-order valence-electron chi connectivity index (χ1n) is 5.60. The van der Waals surface area contributed by atoms with Crippen molar-refractivity contribution in [2.24, 2.45) is 0 Å². The van der Waals surface area contributed by atoms with Gasteiger partial charge in [0.1, 0.15) is 6.54 Å². The fourth-order valence-corrected chi connectivity index (χ4v) is 2.34. The number of hydrogen-bond acceptors (Lipinski definition) is 6. The van der Waals surface area contributed by atoms with Crippen molar-refractivity contribution in [3.8, 4) is 0 Å². The van der Waals surface area contributed by atoms with Gasteiger partial charge in [-0.2, -0.15) is 4.68 Å². The Bertz CT molecular complexity index is 711. The molecule has 12 heteroatoms. The van der Waals surface area contributed by atoms with E-state index >= 15 is 0 Å². The topological polar surface area (TPSA) is 115 Å². The van der Waals surface area contributed by atoms with E-state index in [0.717, 1.165) is 11.0 Å². The SMILES string of the molecule is O=C(Cn1cnc([N+](=O)[O-])n1)NNc1c(Cl)cc(Cl)cc1Cl. The molecule has 1 heterocycles. The zero-order valence-electron chi connectivity index (χ0n) is 10.6. The largest absolute Gasteiger partial charge is 0.490 e. The first-order valence-corrected chi connectivity index (χ1v) is 6.73. The molecule has 1 aromatic carbocycles. The average molecular weight is 366 g/mol. The highest BCUT2D eigenvalue weighted by Gasteiger charge is 2.15. The van der Waals surface area contributed by atoms with Crippen molar-refractivity contribution in [2.45, 2.75) is 6.54 Å². The third-order valence-corrected chi connectivity index (χ3v) is 3.14. The van der Waals surface area contributed by atoms with Crippen LogP contribution in [0.5, 0.6) is 0 Å². The lowest BCUT2D eigenvalue weighted by molar-refractivity contribution is -0.394. The molecule has 22 heavy (non-hydrogen) atoms. The van der Waals surface area contributed by atoms with Crippen molar-refractivity contribution < 1.29 is 9.72 Å². The Morgan fingerprint density at radius 2 is 1.95 bits per heavy atom. The average Bonchev–Trinajstić information content (AvgIpc) is 2.86. The summed E-state index contributed by atoms with van der Waals surface area (Å²) in [4.78, 5) is 24.8. The number of hydrazine groups is 1. The van der Waals surface area contributed by atoms with E-state index in [1.165, 1.54) is 12.1 Å². The Morgan fingerprint density at radius 1 is 1.32 bits per heavy atom. The Labute approximate surface area is 138 Å². The van der Waals surface area contributed by atoms with Gasteiger partial charge in [-0.3, -0.25) is 15.6 Å². The molecule has 2 aromatic rings. The van der Waals surface area contributed by atoms with Crippen molar-refractivity contribution in [2.75, 3.05) is 5.43 Å². The Balaban J connectivity index is 1.97. The van der Waals surface area contributed by atoms with Crippen LogP contribution in [0.1, 0.15) is 0 Å². The number of anilines is 1. The van der Waals surface area contributed by atoms with Crippen LogP contribution in [0.2, 0.25) is 15.1 Å². The normalized spacial score (nSPS) is 10.3. The van der Waals surface area contributed by atoms with Crippen molar-refractivity contribution in [3.63, 3.8) is 0 Å². The molecular formula is C10H7Cl3N6O3. The summed E-state index contributed by atoms with van der Waals surface area (Å²) in [5, 5.41) is 14.7. The number of nitrogens with zero attached hydrogens (tertiary/aromatic N) is 4. The third kappa shape index (κ3) is 3.97. The van der Waals surface area contributed by atoms with Gasteiger partial charge in [-0.15, -0.1) is 0 Å². The number of aromatic nitrogens is 3. The Morgan fingerprint density at radius 3 is 2.50 bits per heavy atom. The van der Waals surface area contributed by atoms with Crippen LogP contribution >= 0.6 is 34.8 Å². The molecule has 0 aliphatic carbocycles. The smallest absolute Gasteiger partial charge is 0.390 e.